The molecule has 0 unspecified atom stereocenters. The van der Waals surface area contributed by atoms with Crippen LogP contribution in [-0.2, 0) is 4.79 Å². The summed E-state index contributed by atoms with van der Waals surface area (Å²) in [6.45, 7) is 2.34. The molecule has 0 saturated carbocycles. The predicted octanol–water partition coefficient (Wildman–Crippen LogP) is 3.55. The van der Waals surface area contributed by atoms with E-state index in [0.29, 0.717) is 10.7 Å². The first-order valence-electron chi connectivity index (χ1n) is 8.23. The summed E-state index contributed by atoms with van der Waals surface area (Å²) in [6.07, 6.45) is 3.16. The molecule has 0 saturated heterocycles. The van der Waals surface area contributed by atoms with Crippen molar-refractivity contribution in [3.8, 4) is 5.69 Å². The van der Waals surface area contributed by atoms with Crippen molar-refractivity contribution in [2.75, 3.05) is 18.9 Å². The second-order valence-corrected chi connectivity index (χ2v) is 6.52. The quantitative estimate of drug-likeness (QED) is 0.721. The van der Waals surface area contributed by atoms with Crippen molar-refractivity contribution in [3.63, 3.8) is 0 Å². The molecule has 7 heteroatoms. The van der Waals surface area contributed by atoms with Crippen molar-refractivity contribution in [3.05, 3.63) is 71.8 Å². The van der Waals surface area contributed by atoms with E-state index in [1.54, 1.807) is 29.2 Å². The van der Waals surface area contributed by atoms with Crippen LogP contribution in [0.4, 0.5) is 5.69 Å². The standard InChI is InChI=1S/C19H20ClN5O/c1-14(15-6-8-18(9-7-15)25-13-21-12-22-25)24(2)11-19(26)23-17-5-3-4-16(20)10-17/h3-10,12-14H,11H2,1-2H3,(H,23,26)/t14-/m1/s1. The van der Waals surface area contributed by atoms with Gasteiger partial charge >= 0.3 is 0 Å². The van der Waals surface area contributed by atoms with Crippen LogP contribution < -0.4 is 5.32 Å². The lowest BCUT2D eigenvalue weighted by atomic mass is 10.1. The van der Waals surface area contributed by atoms with Crippen LogP contribution in [0.15, 0.2) is 61.2 Å². The molecule has 3 aromatic rings. The Morgan fingerprint density at radius 2 is 2.04 bits per heavy atom. The molecule has 0 spiro atoms. The molecule has 0 fully saturated rings. The van der Waals surface area contributed by atoms with Crippen LogP contribution in [-0.4, -0.2) is 39.2 Å². The van der Waals surface area contributed by atoms with E-state index >= 15 is 0 Å². The highest BCUT2D eigenvalue weighted by atomic mass is 35.5. The first-order chi connectivity index (χ1) is 12.5. The minimum absolute atomic E-state index is 0.0825. The molecule has 1 heterocycles. The molecule has 1 N–H and O–H groups in total. The molecular weight excluding hydrogens is 350 g/mol. The molecule has 3 rings (SSSR count). The SMILES string of the molecule is C[C@H](c1ccc(-n2cncn2)cc1)N(C)CC(=O)Nc1cccc(Cl)c1. The minimum atomic E-state index is -0.0825. The highest BCUT2D eigenvalue weighted by molar-refractivity contribution is 6.30. The predicted molar refractivity (Wildman–Crippen MR) is 102 cm³/mol. The number of aromatic nitrogens is 3. The summed E-state index contributed by atoms with van der Waals surface area (Å²) in [5.41, 5.74) is 2.76. The van der Waals surface area contributed by atoms with E-state index in [0.717, 1.165) is 11.3 Å². The second-order valence-electron chi connectivity index (χ2n) is 6.08. The number of hydrogen-bond acceptors (Lipinski definition) is 4. The van der Waals surface area contributed by atoms with Gasteiger partial charge in [-0.1, -0.05) is 29.8 Å². The van der Waals surface area contributed by atoms with Crippen molar-refractivity contribution in [1.29, 1.82) is 0 Å². The minimum Gasteiger partial charge on any atom is -0.325 e. The van der Waals surface area contributed by atoms with Gasteiger partial charge in [0.1, 0.15) is 12.7 Å². The van der Waals surface area contributed by atoms with Crippen LogP contribution in [0.3, 0.4) is 0 Å². The normalized spacial score (nSPS) is 12.2. The van der Waals surface area contributed by atoms with Crippen molar-refractivity contribution in [2.45, 2.75) is 13.0 Å². The third kappa shape index (κ3) is 4.47. The Hall–Kier alpha value is -2.70. The number of nitrogens with zero attached hydrogens (tertiary/aromatic N) is 4. The van der Waals surface area contributed by atoms with E-state index in [2.05, 4.69) is 22.3 Å². The Kier molecular flexibility index (Phi) is 5.65. The summed E-state index contributed by atoms with van der Waals surface area (Å²) in [6, 6.07) is 15.3. The van der Waals surface area contributed by atoms with Crippen LogP contribution in [0.1, 0.15) is 18.5 Å². The summed E-state index contributed by atoms with van der Waals surface area (Å²) >= 11 is 5.94. The Balaban J connectivity index is 1.60. The van der Waals surface area contributed by atoms with E-state index in [1.165, 1.54) is 6.33 Å². The second kappa shape index (κ2) is 8.12. The summed E-state index contributed by atoms with van der Waals surface area (Å²) < 4.78 is 1.70. The topological polar surface area (TPSA) is 63.1 Å². The number of likely N-dealkylation sites (N-methyl/N-ethyl adjacent to an activating group) is 1. The smallest absolute Gasteiger partial charge is 0.238 e. The van der Waals surface area contributed by atoms with Gasteiger partial charge in [-0.3, -0.25) is 9.69 Å². The highest BCUT2D eigenvalue weighted by Crippen LogP contribution is 2.20. The lowest BCUT2D eigenvalue weighted by Crippen LogP contribution is -2.32. The summed E-state index contributed by atoms with van der Waals surface area (Å²) in [4.78, 5) is 18.2. The zero-order valence-electron chi connectivity index (χ0n) is 14.6. The molecular formula is C19H20ClN5O. The van der Waals surface area contributed by atoms with Gasteiger partial charge in [0, 0.05) is 16.8 Å². The van der Waals surface area contributed by atoms with Crippen molar-refractivity contribution in [1.82, 2.24) is 19.7 Å². The lowest BCUT2D eigenvalue weighted by Gasteiger charge is -2.24. The number of rotatable bonds is 6. The zero-order valence-corrected chi connectivity index (χ0v) is 15.4. The fourth-order valence-corrected chi connectivity index (χ4v) is 2.82. The Morgan fingerprint density at radius 1 is 1.27 bits per heavy atom. The van der Waals surface area contributed by atoms with Gasteiger partial charge in [-0.2, -0.15) is 5.10 Å². The lowest BCUT2D eigenvalue weighted by molar-refractivity contribution is -0.117. The molecule has 0 aliphatic heterocycles. The molecule has 1 aromatic heterocycles. The highest BCUT2D eigenvalue weighted by Gasteiger charge is 2.15. The van der Waals surface area contributed by atoms with Crippen LogP contribution >= 0.6 is 11.6 Å². The number of hydrogen-bond donors (Lipinski definition) is 1. The molecule has 0 aliphatic carbocycles. The monoisotopic (exact) mass is 369 g/mol. The van der Waals surface area contributed by atoms with Gasteiger partial charge in [-0.25, -0.2) is 9.67 Å². The number of nitrogens with one attached hydrogen (secondary N) is 1. The third-order valence-electron chi connectivity index (χ3n) is 4.22. The van der Waals surface area contributed by atoms with Crippen LogP contribution in [0.25, 0.3) is 5.69 Å². The summed E-state index contributed by atoms with van der Waals surface area (Å²) in [5.74, 6) is -0.0825. The molecule has 6 nitrogen and oxygen atoms in total. The molecule has 0 aliphatic rings. The Bertz CT molecular complexity index is 864. The van der Waals surface area contributed by atoms with Gasteiger partial charge in [0.2, 0.25) is 5.91 Å². The Labute approximate surface area is 157 Å². The third-order valence-corrected chi connectivity index (χ3v) is 4.46. The van der Waals surface area contributed by atoms with Crippen molar-refractivity contribution >= 4 is 23.2 Å². The van der Waals surface area contributed by atoms with E-state index in [4.69, 9.17) is 11.6 Å². The first kappa shape index (κ1) is 18.1. The van der Waals surface area contributed by atoms with Crippen molar-refractivity contribution in [2.24, 2.45) is 0 Å². The molecule has 134 valence electrons. The average molecular weight is 370 g/mol. The summed E-state index contributed by atoms with van der Waals surface area (Å²) in [5, 5.41) is 7.57. The maximum atomic E-state index is 12.3. The van der Waals surface area contributed by atoms with Gasteiger partial charge in [-0.15, -0.1) is 0 Å². The van der Waals surface area contributed by atoms with E-state index in [-0.39, 0.29) is 18.5 Å². The fourth-order valence-electron chi connectivity index (χ4n) is 2.63. The van der Waals surface area contributed by atoms with Gasteiger partial charge < -0.3 is 5.32 Å². The Morgan fingerprint density at radius 3 is 2.69 bits per heavy atom. The van der Waals surface area contributed by atoms with Crippen LogP contribution in [0, 0.1) is 0 Å². The van der Waals surface area contributed by atoms with E-state index in [1.807, 2.05) is 42.3 Å². The number of benzene rings is 2. The van der Waals surface area contributed by atoms with Gasteiger partial charge in [0.05, 0.1) is 12.2 Å². The molecule has 2 aromatic carbocycles. The zero-order chi connectivity index (χ0) is 18.5. The number of amides is 1. The molecule has 1 amide bonds. The molecule has 26 heavy (non-hydrogen) atoms. The van der Waals surface area contributed by atoms with Crippen molar-refractivity contribution < 1.29 is 4.79 Å². The number of anilines is 1. The number of carbonyl (C=O) groups excluding carboxylic acids is 1. The fraction of sp³-hybridized carbons (Fsp3) is 0.211. The first-order valence-corrected chi connectivity index (χ1v) is 8.61. The molecule has 0 radical (unpaired) electrons. The maximum Gasteiger partial charge on any atom is 0.238 e. The van der Waals surface area contributed by atoms with Gasteiger partial charge in [0.25, 0.3) is 0 Å². The van der Waals surface area contributed by atoms with Crippen LogP contribution in [0.5, 0.6) is 0 Å². The maximum absolute atomic E-state index is 12.3. The van der Waals surface area contributed by atoms with E-state index < -0.39 is 0 Å². The van der Waals surface area contributed by atoms with Gasteiger partial charge in [-0.05, 0) is 49.9 Å². The average Bonchev–Trinajstić information content (AvgIpc) is 3.15. The number of halogens is 1. The number of carbonyl (C=O) groups is 1. The van der Waals surface area contributed by atoms with Gasteiger partial charge in [0.15, 0.2) is 0 Å². The van der Waals surface area contributed by atoms with Crippen LogP contribution in [0.2, 0.25) is 5.02 Å². The molecule has 0 bridgehead atoms. The largest absolute Gasteiger partial charge is 0.325 e. The molecule has 1 atom stereocenters. The summed E-state index contributed by atoms with van der Waals surface area (Å²) in [7, 11) is 1.92. The van der Waals surface area contributed by atoms with E-state index in [9.17, 15) is 4.79 Å².